The predicted octanol–water partition coefficient (Wildman–Crippen LogP) is 4.09. The van der Waals surface area contributed by atoms with E-state index in [2.05, 4.69) is 10.2 Å². The number of hydrogen-bond donors (Lipinski definition) is 2. The van der Waals surface area contributed by atoms with Gasteiger partial charge in [0.15, 0.2) is 0 Å². The normalized spacial score (nSPS) is 18.2. The lowest BCUT2D eigenvalue weighted by molar-refractivity contribution is -0.139. The highest BCUT2D eigenvalue weighted by atomic mass is 35.5. The van der Waals surface area contributed by atoms with E-state index in [4.69, 9.17) is 16.7 Å². The molecular weight excluding hydrogens is 415 g/mol. The van der Waals surface area contributed by atoms with Crippen LogP contribution in [0.3, 0.4) is 0 Å². The number of nitrogens with zero attached hydrogens (tertiary/aromatic N) is 1. The molecule has 1 unspecified atom stereocenters. The molecule has 0 radical (unpaired) electrons. The summed E-state index contributed by atoms with van der Waals surface area (Å²) in [5.74, 6) is 0. The molecule has 1 atom stereocenters. The van der Waals surface area contributed by atoms with Crippen molar-refractivity contribution in [2.24, 2.45) is 5.14 Å². The molecule has 0 amide bonds. The number of alkyl halides is 3. The van der Waals surface area contributed by atoms with Crippen LogP contribution in [0.15, 0.2) is 47.4 Å². The summed E-state index contributed by atoms with van der Waals surface area (Å²) in [5, 5.41) is 8.60. The van der Waals surface area contributed by atoms with E-state index in [0.29, 0.717) is 11.6 Å². The van der Waals surface area contributed by atoms with Gasteiger partial charge in [0.1, 0.15) is 0 Å². The zero-order valence-corrected chi connectivity index (χ0v) is 16.3. The quantitative estimate of drug-likeness (QED) is 0.761. The second-order valence-electron chi connectivity index (χ2n) is 6.63. The van der Waals surface area contributed by atoms with Crippen molar-refractivity contribution in [1.29, 1.82) is 0 Å². The van der Waals surface area contributed by atoms with Crippen molar-refractivity contribution in [3.8, 4) is 0 Å². The summed E-state index contributed by atoms with van der Waals surface area (Å²) < 4.78 is 62.8. The fourth-order valence-corrected chi connectivity index (χ4v) is 4.34. The molecular formula is C18H19ClF3N3O2S. The third-order valence-electron chi connectivity index (χ3n) is 4.58. The number of primary sulfonamides is 1. The maximum atomic E-state index is 13.3. The number of benzene rings is 2. The monoisotopic (exact) mass is 433 g/mol. The molecule has 2 aromatic carbocycles. The fourth-order valence-electron chi connectivity index (χ4n) is 3.35. The van der Waals surface area contributed by atoms with Crippen LogP contribution in [0.5, 0.6) is 0 Å². The molecule has 0 saturated carbocycles. The van der Waals surface area contributed by atoms with E-state index >= 15 is 0 Å². The number of hydrogen-bond acceptors (Lipinski definition) is 4. The van der Waals surface area contributed by atoms with Gasteiger partial charge in [0.05, 0.1) is 21.2 Å². The highest BCUT2D eigenvalue weighted by Crippen LogP contribution is 2.36. The summed E-state index contributed by atoms with van der Waals surface area (Å²) in [5.41, 5.74) is -0.222. The van der Waals surface area contributed by atoms with Gasteiger partial charge in [-0.05, 0) is 43.2 Å². The van der Waals surface area contributed by atoms with Crippen LogP contribution in [-0.4, -0.2) is 27.5 Å². The number of para-hydroxylation sites is 1. The smallest absolute Gasteiger partial charge is 0.381 e. The lowest BCUT2D eigenvalue weighted by Gasteiger charge is -2.35. The second-order valence-corrected chi connectivity index (χ2v) is 8.57. The summed E-state index contributed by atoms with van der Waals surface area (Å²) in [7, 11) is -4.49. The molecule has 1 saturated heterocycles. The molecule has 1 aliphatic rings. The average Bonchev–Trinajstić information content (AvgIpc) is 2.60. The molecule has 5 nitrogen and oxygen atoms in total. The van der Waals surface area contributed by atoms with E-state index in [0.717, 1.165) is 37.2 Å². The first kappa shape index (κ1) is 20.8. The number of rotatable bonds is 4. The van der Waals surface area contributed by atoms with Crippen LogP contribution in [0, 0.1) is 0 Å². The summed E-state index contributed by atoms with van der Waals surface area (Å²) in [6.07, 6.45) is -3.24. The van der Waals surface area contributed by atoms with Crippen LogP contribution in [0.4, 0.5) is 24.5 Å². The molecule has 152 valence electrons. The van der Waals surface area contributed by atoms with Crippen LogP contribution in [-0.2, 0) is 16.2 Å². The minimum atomic E-state index is -4.84. The van der Waals surface area contributed by atoms with Crippen molar-refractivity contribution in [3.05, 3.63) is 53.1 Å². The Morgan fingerprint density at radius 3 is 2.54 bits per heavy atom. The number of sulfonamides is 1. The van der Waals surface area contributed by atoms with Gasteiger partial charge in [-0.2, -0.15) is 13.2 Å². The maximum Gasteiger partial charge on any atom is 0.417 e. The van der Waals surface area contributed by atoms with E-state index in [1.807, 2.05) is 18.2 Å². The first-order valence-electron chi connectivity index (χ1n) is 8.56. The number of halogens is 4. The van der Waals surface area contributed by atoms with Crippen molar-refractivity contribution < 1.29 is 21.6 Å². The average molecular weight is 434 g/mol. The van der Waals surface area contributed by atoms with Gasteiger partial charge in [0.2, 0.25) is 10.0 Å². The summed E-state index contributed by atoms with van der Waals surface area (Å²) >= 11 is 6.24. The highest BCUT2D eigenvalue weighted by molar-refractivity contribution is 7.89. The molecule has 1 heterocycles. The second kappa shape index (κ2) is 7.81. The molecule has 10 heteroatoms. The highest BCUT2D eigenvalue weighted by Gasteiger charge is 2.37. The van der Waals surface area contributed by atoms with E-state index < -0.39 is 26.7 Å². The Bertz CT molecular complexity index is 967. The Morgan fingerprint density at radius 2 is 1.89 bits per heavy atom. The van der Waals surface area contributed by atoms with Crippen molar-refractivity contribution >= 4 is 33.0 Å². The fraction of sp³-hybridized carbons (Fsp3) is 0.333. The largest absolute Gasteiger partial charge is 0.417 e. The standard InChI is InChI=1S/C18H19ClF3N3O2S/c19-15-5-1-2-6-16(15)25-9-3-4-13(11-25)24-12-7-8-17(28(23,26)27)14(10-12)18(20,21)22/h1-2,5-8,10,13,24H,3-4,9,11H2,(H2,23,26,27). The Kier molecular flexibility index (Phi) is 5.79. The van der Waals surface area contributed by atoms with Crippen LogP contribution >= 0.6 is 11.6 Å². The zero-order chi connectivity index (χ0) is 20.5. The summed E-state index contributed by atoms with van der Waals surface area (Å²) in [6.45, 7) is 1.35. The molecule has 1 fully saturated rings. The number of nitrogens with two attached hydrogens (primary N) is 1. The lowest BCUT2D eigenvalue weighted by atomic mass is 10.0. The van der Waals surface area contributed by atoms with Crippen LogP contribution in [0.25, 0.3) is 0 Å². The van der Waals surface area contributed by atoms with Gasteiger partial charge in [-0.1, -0.05) is 23.7 Å². The molecule has 28 heavy (non-hydrogen) atoms. The van der Waals surface area contributed by atoms with Gasteiger partial charge in [-0.15, -0.1) is 0 Å². The number of piperidine rings is 1. The van der Waals surface area contributed by atoms with Gasteiger partial charge in [0, 0.05) is 24.8 Å². The van der Waals surface area contributed by atoms with E-state index in [1.165, 1.54) is 6.07 Å². The first-order chi connectivity index (χ1) is 13.1. The number of anilines is 2. The summed E-state index contributed by atoms with van der Waals surface area (Å²) in [4.78, 5) is 1.14. The molecule has 0 spiro atoms. The van der Waals surface area contributed by atoms with Gasteiger partial charge in [-0.3, -0.25) is 0 Å². The minimum Gasteiger partial charge on any atom is -0.381 e. The maximum absolute atomic E-state index is 13.3. The molecule has 2 aromatic rings. The van der Waals surface area contributed by atoms with Crippen molar-refractivity contribution in [2.75, 3.05) is 23.3 Å². The van der Waals surface area contributed by atoms with Gasteiger partial charge in [-0.25, -0.2) is 13.6 Å². The summed E-state index contributed by atoms with van der Waals surface area (Å²) in [6, 6.07) is 10.2. The van der Waals surface area contributed by atoms with Crippen LogP contribution in [0.1, 0.15) is 18.4 Å². The minimum absolute atomic E-state index is 0.119. The van der Waals surface area contributed by atoms with Crippen molar-refractivity contribution in [3.63, 3.8) is 0 Å². The third kappa shape index (κ3) is 4.71. The lowest BCUT2D eigenvalue weighted by Crippen LogP contribution is -2.42. The SMILES string of the molecule is NS(=O)(=O)c1ccc(NC2CCCN(c3ccccc3Cl)C2)cc1C(F)(F)F. The third-order valence-corrected chi connectivity index (χ3v) is 5.87. The van der Waals surface area contributed by atoms with Gasteiger partial charge < -0.3 is 10.2 Å². The molecule has 0 bridgehead atoms. The van der Waals surface area contributed by atoms with E-state index in [9.17, 15) is 21.6 Å². The molecule has 1 aliphatic heterocycles. The molecule has 0 aromatic heterocycles. The van der Waals surface area contributed by atoms with E-state index in [1.54, 1.807) is 6.07 Å². The van der Waals surface area contributed by atoms with E-state index in [-0.39, 0.29) is 11.7 Å². The van der Waals surface area contributed by atoms with Crippen molar-refractivity contribution in [1.82, 2.24) is 0 Å². The Hall–Kier alpha value is -1.97. The zero-order valence-electron chi connectivity index (χ0n) is 14.7. The molecule has 0 aliphatic carbocycles. The Labute approximate surface area is 166 Å². The van der Waals surface area contributed by atoms with Gasteiger partial charge >= 0.3 is 6.18 Å². The van der Waals surface area contributed by atoms with Gasteiger partial charge in [0.25, 0.3) is 0 Å². The predicted molar refractivity (Wildman–Crippen MR) is 103 cm³/mol. The topological polar surface area (TPSA) is 75.4 Å². The molecule has 3 N–H and O–H groups in total. The molecule has 3 rings (SSSR count). The van der Waals surface area contributed by atoms with Crippen LogP contribution < -0.4 is 15.4 Å². The van der Waals surface area contributed by atoms with Crippen LogP contribution in [0.2, 0.25) is 5.02 Å². The Balaban J connectivity index is 1.83. The Morgan fingerprint density at radius 1 is 1.18 bits per heavy atom. The number of nitrogens with one attached hydrogen (secondary N) is 1. The first-order valence-corrected chi connectivity index (χ1v) is 10.5. The van der Waals surface area contributed by atoms with Crippen molar-refractivity contribution in [2.45, 2.75) is 30.0 Å².